The number of hydrogen-bond acceptors (Lipinski definition) is 4. The zero-order valence-corrected chi connectivity index (χ0v) is 13.2. The number of hydrazine groups is 1. The summed E-state index contributed by atoms with van der Waals surface area (Å²) in [6.45, 7) is 5.41. The summed E-state index contributed by atoms with van der Waals surface area (Å²) in [4.78, 5) is 0. The molecule has 0 heterocycles. The van der Waals surface area contributed by atoms with Crippen molar-refractivity contribution in [2.45, 2.75) is 57.6 Å². The van der Waals surface area contributed by atoms with Gasteiger partial charge in [0.15, 0.2) is 0 Å². The van der Waals surface area contributed by atoms with Crippen LogP contribution in [0.25, 0.3) is 0 Å². The average molecular weight is 292 g/mol. The largest absolute Gasteiger partial charge is 0.494 e. The number of nitrogens with two attached hydrogens (primary N) is 1. The lowest BCUT2D eigenvalue weighted by Gasteiger charge is -2.43. The molecule has 1 aliphatic rings. The van der Waals surface area contributed by atoms with Gasteiger partial charge in [0.1, 0.15) is 5.75 Å². The van der Waals surface area contributed by atoms with Gasteiger partial charge in [-0.15, -0.1) is 0 Å². The predicted molar refractivity (Wildman–Crippen MR) is 85.1 cm³/mol. The number of rotatable bonds is 7. The molecule has 3 N–H and O–H groups in total. The molecule has 118 valence electrons. The van der Waals surface area contributed by atoms with Gasteiger partial charge in [0.2, 0.25) is 0 Å². The van der Waals surface area contributed by atoms with Crippen LogP contribution in [0.4, 0.5) is 0 Å². The third kappa shape index (κ3) is 3.57. The smallest absolute Gasteiger partial charge is 0.124 e. The molecule has 1 saturated carbocycles. The first-order chi connectivity index (χ1) is 10.3. The molecule has 0 saturated heterocycles. The zero-order chi connectivity index (χ0) is 15.1. The Kier molecular flexibility index (Phi) is 6.03. The molecule has 1 unspecified atom stereocenters. The lowest BCUT2D eigenvalue weighted by molar-refractivity contribution is -0.0917. The molecule has 0 aromatic heterocycles. The maximum atomic E-state index is 6.21. The summed E-state index contributed by atoms with van der Waals surface area (Å²) in [6.07, 6.45) is 5.73. The number of hydrogen-bond donors (Lipinski definition) is 2. The van der Waals surface area contributed by atoms with Gasteiger partial charge >= 0.3 is 0 Å². The van der Waals surface area contributed by atoms with Crippen LogP contribution in [0.1, 0.15) is 57.6 Å². The van der Waals surface area contributed by atoms with Gasteiger partial charge in [0, 0.05) is 12.2 Å². The first-order valence-electron chi connectivity index (χ1n) is 8.09. The topological polar surface area (TPSA) is 56.5 Å². The summed E-state index contributed by atoms with van der Waals surface area (Å²) >= 11 is 0. The van der Waals surface area contributed by atoms with Gasteiger partial charge in [-0.2, -0.15) is 0 Å². The second-order valence-electron chi connectivity index (χ2n) is 5.63. The van der Waals surface area contributed by atoms with Crippen LogP contribution in [0.3, 0.4) is 0 Å². The van der Waals surface area contributed by atoms with Crippen molar-refractivity contribution in [2.75, 3.05) is 13.2 Å². The SMILES string of the molecule is CCOc1ccccc1C(NN)C1(OCC)CCCCC1. The van der Waals surface area contributed by atoms with Crippen molar-refractivity contribution in [2.24, 2.45) is 5.84 Å². The van der Waals surface area contributed by atoms with E-state index in [1.54, 1.807) is 0 Å². The van der Waals surface area contributed by atoms with Crippen molar-refractivity contribution in [3.8, 4) is 5.75 Å². The normalized spacial score (nSPS) is 19.2. The number of nitrogens with one attached hydrogen (secondary N) is 1. The second kappa shape index (κ2) is 7.78. The minimum absolute atomic E-state index is 0.0412. The highest BCUT2D eigenvalue weighted by Crippen LogP contribution is 2.43. The zero-order valence-electron chi connectivity index (χ0n) is 13.2. The third-order valence-electron chi connectivity index (χ3n) is 4.35. The van der Waals surface area contributed by atoms with E-state index in [1.807, 2.05) is 25.1 Å². The summed E-state index contributed by atoms with van der Waals surface area (Å²) in [7, 11) is 0. The van der Waals surface area contributed by atoms with Crippen LogP contribution < -0.4 is 16.0 Å². The molecular weight excluding hydrogens is 264 g/mol. The molecule has 4 nitrogen and oxygen atoms in total. The van der Waals surface area contributed by atoms with Crippen LogP contribution in [0, 0.1) is 0 Å². The highest BCUT2D eigenvalue weighted by atomic mass is 16.5. The lowest BCUT2D eigenvalue weighted by atomic mass is 9.76. The van der Waals surface area contributed by atoms with Crippen molar-refractivity contribution < 1.29 is 9.47 Å². The summed E-state index contributed by atoms with van der Waals surface area (Å²) < 4.78 is 12.0. The van der Waals surface area contributed by atoms with Gasteiger partial charge in [-0.25, -0.2) is 5.43 Å². The van der Waals surface area contributed by atoms with Gasteiger partial charge in [-0.3, -0.25) is 5.84 Å². The monoisotopic (exact) mass is 292 g/mol. The van der Waals surface area contributed by atoms with E-state index in [-0.39, 0.29) is 11.6 Å². The van der Waals surface area contributed by atoms with Gasteiger partial charge in [0.05, 0.1) is 18.2 Å². The van der Waals surface area contributed by atoms with Crippen molar-refractivity contribution >= 4 is 0 Å². The Morgan fingerprint density at radius 2 is 1.86 bits per heavy atom. The fourth-order valence-electron chi connectivity index (χ4n) is 3.49. The molecule has 21 heavy (non-hydrogen) atoms. The Hall–Kier alpha value is -1.10. The fourth-order valence-corrected chi connectivity index (χ4v) is 3.49. The van der Waals surface area contributed by atoms with Crippen molar-refractivity contribution in [3.63, 3.8) is 0 Å². The minimum atomic E-state index is -0.227. The Morgan fingerprint density at radius 3 is 2.48 bits per heavy atom. The Balaban J connectivity index is 2.36. The Labute approximate surface area is 128 Å². The van der Waals surface area contributed by atoms with Gasteiger partial charge in [-0.1, -0.05) is 37.5 Å². The molecule has 1 fully saturated rings. The van der Waals surface area contributed by atoms with Gasteiger partial charge in [0.25, 0.3) is 0 Å². The number of benzene rings is 1. The van der Waals surface area contributed by atoms with Crippen LogP contribution in [-0.4, -0.2) is 18.8 Å². The van der Waals surface area contributed by atoms with Crippen molar-refractivity contribution in [1.29, 1.82) is 0 Å². The molecule has 1 atom stereocenters. The highest BCUT2D eigenvalue weighted by Gasteiger charge is 2.42. The predicted octanol–water partition coefficient (Wildman–Crippen LogP) is 3.33. The van der Waals surface area contributed by atoms with Crippen LogP contribution >= 0.6 is 0 Å². The quantitative estimate of drug-likeness (QED) is 0.598. The maximum Gasteiger partial charge on any atom is 0.124 e. The van der Waals surface area contributed by atoms with Gasteiger partial charge < -0.3 is 9.47 Å². The number of ether oxygens (including phenoxy) is 2. The van der Waals surface area contributed by atoms with Crippen LogP contribution in [0.5, 0.6) is 5.75 Å². The molecule has 0 amide bonds. The average Bonchev–Trinajstić information content (AvgIpc) is 2.51. The van der Waals surface area contributed by atoms with E-state index in [9.17, 15) is 0 Å². The molecular formula is C17H28N2O2. The fraction of sp³-hybridized carbons (Fsp3) is 0.647. The molecule has 1 aliphatic carbocycles. The Bertz CT molecular complexity index is 425. The van der Waals surface area contributed by atoms with E-state index in [2.05, 4.69) is 18.4 Å². The maximum absolute atomic E-state index is 6.21. The van der Waals surface area contributed by atoms with E-state index in [0.717, 1.165) is 24.2 Å². The van der Waals surface area contributed by atoms with E-state index in [1.165, 1.54) is 19.3 Å². The molecule has 0 aliphatic heterocycles. The molecule has 1 aromatic rings. The van der Waals surface area contributed by atoms with E-state index < -0.39 is 0 Å². The van der Waals surface area contributed by atoms with E-state index in [0.29, 0.717) is 13.2 Å². The highest BCUT2D eigenvalue weighted by molar-refractivity contribution is 5.37. The molecule has 0 bridgehead atoms. The first kappa shape index (κ1) is 16.3. The standard InChI is InChI=1S/C17H28N2O2/c1-3-20-15-11-7-6-10-14(15)16(19-18)17(21-4-2)12-8-5-9-13-17/h6-7,10-11,16,19H,3-5,8-9,12-13,18H2,1-2H3. The van der Waals surface area contributed by atoms with Crippen LogP contribution in [0.15, 0.2) is 24.3 Å². The summed E-state index contributed by atoms with van der Waals surface area (Å²) in [6, 6.07) is 8.08. The molecule has 0 spiro atoms. The molecule has 1 aromatic carbocycles. The van der Waals surface area contributed by atoms with Crippen LogP contribution in [0.2, 0.25) is 0 Å². The summed E-state index contributed by atoms with van der Waals surface area (Å²) in [5.74, 6) is 6.83. The van der Waals surface area contributed by atoms with Gasteiger partial charge in [-0.05, 0) is 32.8 Å². The molecule has 4 heteroatoms. The van der Waals surface area contributed by atoms with Crippen LogP contribution in [-0.2, 0) is 4.74 Å². The molecule has 0 radical (unpaired) electrons. The second-order valence-corrected chi connectivity index (χ2v) is 5.63. The number of para-hydroxylation sites is 1. The molecule has 2 rings (SSSR count). The Morgan fingerprint density at radius 1 is 1.14 bits per heavy atom. The van der Waals surface area contributed by atoms with E-state index in [4.69, 9.17) is 15.3 Å². The van der Waals surface area contributed by atoms with E-state index >= 15 is 0 Å². The lowest BCUT2D eigenvalue weighted by Crippen LogP contribution is -2.50. The summed E-state index contributed by atoms with van der Waals surface area (Å²) in [5.41, 5.74) is 3.87. The third-order valence-corrected chi connectivity index (χ3v) is 4.35. The minimum Gasteiger partial charge on any atom is -0.494 e. The first-order valence-corrected chi connectivity index (χ1v) is 8.09. The summed E-state index contributed by atoms with van der Waals surface area (Å²) in [5, 5.41) is 0. The van der Waals surface area contributed by atoms with Crippen molar-refractivity contribution in [1.82, 2.24) is 5.43 Å². The van der Waals surface area contributed by atoms with Crippen molar-refractivity contribution in [3.05, 3.63) is 29.8 Å².